The minimum absolute atomic E-state index is 0.0168. The first kappa shape index (κ1) is 22.2. The Bertz CT molecular complexity index is 1070. The van der Waals surface area contributed by atoms with Crippen molar-refractivity contribution in [3.8, 4) is 22.8 Å². The van der Waals surface area contributed by atoms with Gasteiger partial charge in [0.1, 0.15) is 17.0 Å². The van der Waals surface area contributed by atoms with Crippen LogP contribution in [0, 0.1) is 5.41 Å². The SMILES string of the molecule is COc1cc(OC)c(Cl)c(-c2cc3cnc(N)nc3c(N[C@@H](C)C(C)(C)C)n2)c1Cl. The molecule has 1 aromatic carbocycles. The van der Waals surface area contributed by atoms with Crippen LogP contribution in [0.4, 0.5) is 11.8 Å². The van der Waals surface area contributed by atoms with Crippen molar-refractivity contribution in [1.29, 1.82) is 0 Å². The molecule has 0 saturated carbocycles. The topological polar surface area (TPSA) is 95.2 Å². The Morgan fingerprint density at radius 3 is 2.17 bits per heavy atom. The zero-order valence-electron chi connectivity index (χ0n) is 17.8. The highest BCUT2D eigenvalue weighted by atomic mass is 35.5. The lowest BCUT2D eigenvalue weighted by atomic mass is 9.88. The standard InChI is InChI=1S/C21H25Cl2N5O2/c1-10(21(2,3)4)26-19-18-11(9-25-20(24)28-18)7-12(27-19)15-16(22)13(29-5)8-14(30-6)17(15)23/h7-10H,1-6H3,(H,26,27)(H2,24,25,28)/t10-/m0/s1. The van der Waals surface area contributed by atoms with E-state index in [1.807, 2.05) is 6.07 Å². The van der Waals surface area contributed by atoms with Crippen LogP contribution >= 0.6 is 23.2 Å². The van der Waals surface area contributed by atoms with E-state index < -0.39 is 0 Å². The van der Waals surface area contributed by atoms with Gasteiger partial charge in [0, 0.05) is 29.3 Å². The molecule has 30 heavy (non-hydrogen) atoms. The van der Waals surface area contributed by atoms with Gasteiger partial charge in [0.15, 0.2) is 5.82 Å². The number of nitrogen functional groups attached to an aromatic ring is 1. The Morgan fingerprint density at radius 2 is 1.63 bits per heavy atom. The largest absolute Gasteiger partial charge is 0.495 e. The normalized spacial score (nSPS) is 12.7. The summed E-state index contributed by atoms with van der Waals surface area (Å²) >= 11 is 13.2. The minimum Gasteiger partial charge on any atom is -0.495 e. The van der Waals surface area contributed by atoms with Gasteiger partial charge in [-0.15, -0.1) is 0 Å². The zero-order chi connectivity index (χ0) is 22.2. The highest BCUT2D eigenvalue weighted by molar-refractivity contribution is 6.41. The van der Waals surface area contributed by atoms with Crippen molar-refractivity contribution in [3.63, 3.8) is 0 Å². The lowest BCUT2D eigenvalue weighted by Crippen LogP contribution is -2.31. The summed E-state index contributed by atoms with van der Waals surface area (Å²) in [5.74, 6) is 1.59. The molecule has 0 bridgehead atoms. The monoisotopic (exact) mass is 449 g/mol. The molecule has 3 rings (SSSR count). The second-order valence-electron chi connectivity index (χ2n) is 8.04. The first-order valence-corrected chi connectivity index (χ1v) is 10.1. The number of anilines is 2. The smallest absolute Gasteiger partial charge is 0.220 e. The van der Waals surface area contributed by atoms with Gasteiger partial charge < -0.3 is 20.5 Å². The number of nitrogens with zero attached hydrogens (tertiary/aromatic N) is 3. The molecule has 2 heterocycles. The van der Waals surface area contributed by atoms with Crippen LogP contribution < -0.4 is 20.5 Å². The average molecular weight is 450 g/mol. The number of hydrogen-bond donors (Lipinski definition) is 2. The second-order valence-corrected chi connectivity index (χ2v) is 8.79. The van der Waals surface area contributed by atoms with E-state index in [4.69, 9.17) is 43.4 Å². The van der Waals surface area contributed by atoms with Crippen LogP contribution in [0.2, 0.25) is 10.0 Å². The van der Waals surface area contributed by atoms with Crippen LogP contribution in [0.3, 0.4) is 0 Å². The fourth-order valence-electron chi connectivity index (χ4n) is 2.81. The first-order chi connectivity index (χ1) is 14.1. The number of ether oxygens (including phenoxy) is 2. The summed E-state index contributed by atoms with van der Waals surface area (Å²) in [5.41, 5.74) is 7.46. The van der Waals surface area contributed by atoms with Crippen molar-refractivity contribution in [2.75, 3.05) is 25.3 Å². The number of aromatic nitrogens is 3. The Kier molecular flexibility index (Phi) is 6.15. The molecule has 7 nitrogen and oxygen atoms in total. The number of benzene rings is 1. The predicted octanol–water partition coefficient (Wildman–Crippen LogP) is 5.44. The molecule has 0 fully saturated rings. The van der Waals surface area contributed by atoms with Crippen molar-refractivity contribution in [2.24, 2.45) is 5.41 Å². The van der Waals surface area contributed by atoms with Crippen LogP contribution in [0.25, 0.3) is 22.2 Å². The summed E-state index contributed by atoms with van der Waals surface area (Å²) in [5, 5.41) is 4.86. The fraction of sp³-hybridized carbons (Fsp3) is 0.381. The molecule has 9 heteroatoms. The molecule has 0 saturated heterocycles. The highest BCUT2D eigenvalue weighted by Crippen LogP contribution is 2.46. The van der Waals surface area contributed by atoms with Crippen molar-refractivity contribution in [1.82, 2.24) is 15.0 Å². The van der Waals surface area contributed by atoms with E-state index in [1.54, 1.807) is 12.3 Å². The van der Waals surface area contributed by atoms with Gasteiger partial charge in [-0.3, -0.25) is 0 Å². The summed E-state index contributed by atoms with van der Waals surface area (Å²) in [4.78, 5) is 13.3. The molecular weight excluding hydrogens is 425 g/mol. The molecule has 160 valence electrons. The van der Waals surface area contributed by atoms with E-state index in [2.05, 4.69) is 43.0 Å². The lowest BCUT2D eigenvalue weighted by molar-refractivity contribution is 0.359. The third-order valence-corrected chi connectivity index (χ3v) is 5.82. The van der Waals surface area contributed by atoms with Gasteiger partial charge in [-0.05, 0) is 18.4 Å². The van der Waals surface area contributed by atoms with Gasteiger partial charge in [0.2, 0.25) is 5.95 Å². The molecule has 0 aliphatic heterocycles. The van der Waals surface area contributed by atoms with Gasteiger partial charge in [0.05, 0.1) is 30.0 Å². The van der Waals surface area contributed by atoms with E-state index >= 15 is 0 Å². The quantitative estimate of drug-likeness (QED) is 0.534. The van der Waals surface area contributed by atoms with Gasteiger partial charge in [-0.1, -0.05) is 44.0 Å². The minimum atomic E-state index is -0.0168. The summed E-state index contributed by atoms with van der Waals surface area (Å²) < 4.78 is 10.8. The molecule has 0 aliphatic carbocycles. The Hall–Kier alpha value is -2.51. The second kappa shape index (κ2) is 8.32. The van der Waals surface area contributed by atoms with Gasteiger partial charge >= 0.3 is 0 Å². The fourth-order valence-corrected chi connectivity index (χ4v) is 3.51. The van der Waals surface area contributed by atoms with Crippen LogP contribution in [-0.4, -0.2) is 35.2 Å². The predicted molar refractivity (Wildman–Crippen MR) is 123 cm³/mol. The number of halogens is 2. The highest BCUT2D eigenvalue weighted by Gasteiger charge is 2.24. The Labute approximate surface area is 185 Å². The molecule has 3 N–H and O–H groups in total. The van der Waals surface area contributed by atoms with Crippen LogP contribution in [-0.2, 0) is 0 Å². The number of rotatable bonds is 5. The van der Waals surface area contributed by atoms with E-state index in [9.17, 15) is 0 Å². The van der Waals surface area contributed by atoms with E-state index in [-0.39, 0.29) is 17.4 Å². The maximum atomic E-state index is 6.61. The molecule has 0 amide bonds. The van der Waals surface area contributed by atoms with Crippen LogP contribution in [0.15, 0.2) is 18.3 Å². The van der Waals surface area contributed by atoms with Gasteiger partial charge in [0.25, 0.3) is 0 Å². The van der Waals surface area contributed by atoms with Crippen molar-refractivity contribution >= 4 is 45.9 Å². The van der Waals surface area contributed by atoms with Crippen molar-refractivity contribution < 1.29 is 9.47 Å². The third kappa shape index (κ3) is 4.18. The molecule has 0 radical (unpaired) electrons. The molecule has 1 atom stereocenters. The van der Waals surface area contributed by atoms with Gasteiger partial charge in [-0.2, -0.15) is 0 Å². The van der Waals surface area contributed by atoms with E-state index in [0.29, 0.717) is 44.1 Å². The maximum Gasteiger partial charge on any atom is 0.220 e. The zero-order valence-corrected chi connectivity index (χ0v) is 19.3. The lowest BCUT2D eigenvalue weighted by Gasteiger charge is -2.29. The summed E-state index contributed by atoms with van der Waals surface area (Å²) in [7, 11) is 3.06. The Balaban J connectivity index is 2.30. The van der Waals surface area contributed by atoms with E-state index in [1.165, 1.54) is 14.2 Å². The van der Waals surface area contributed by atoms with Crippen LogP contribution in [0.1, 0.15) is 27.7 Å². The molecule has 0 spiro atoms. The van der Waals surface area contributed by atoms with E-state index in [0.717, 1.165) is 5.39 Å². The Morgan fingerprint density at radius 1 is 1.03 bits per heavy atom. The first-order valence-electron chi connectivity index (χ1n) is 9.37. The van der Waals surface area contributed by atoms with Crippen molar-refractivity contribution in [3.05, 3.63) is 28.4 Å². The summed E-state index contributed by atoms with van der Waals surface area (Å²) in [6.45, 7) is 8.50. The molecule has 0 aliphatic rings. The van der Waals surface area contributed by atoms with Crippen LogP contribution in [0.5, 0.6) is 11.5 Å². The maximum absolute atomic E-state index is 6.61. The number of methoxy groups -OCH3 is 2. The summed E-state index contributed by atoms with van der Waals surface area (Å²) in [6, 6.07) is 3.54. The number of nitrogens with one attached hydrogen (secondary N) is 1. The number of fused-ring (bicyclic) bond motifs is 1. The number of hydrogen-bond acceptors (Lipinski definition) is 7. The molecule has 2 aromatic heterocycles. The third-order valence-electron chi connectivity index (χ3n) is 5.07. The number of pyridine rings is 1. The average Bonchev–Trinajstić information content (AvgIpc) is 2.68. The molecule has 0 unspecified atom stereocenters. The van der Waals surface area contributed by atoms with Gasteiger partial charge in [-0.25, -0.2) is 15.0 Å². The summed E-state index contributed by atoms with van der Waals surface area (Å²) in [6.07, 6.45) is 1.65. The number of nitrogens with two attached hydrogens (primary N) is 1. The molecular formula is C21H25Cl2N5O2. The van der Waals surface area contributed by atoms with Crippen molar-refractivity contribution in [2.45, 2.75) is 33.7 Å². The molecule has 3 aromatic rings.